The number of urea groups is 1. The summed E-state index contributed by atoms with van der Waals surface area (Å²) in [5.74, 6) is -0.982. The summed E-state index contributed by atoms with van der Waals surface area (Å²) in [5.41, 5.74) is 0.523. The fourth-order valence-electron chi connectivity index (χ4n) is 3.73. The molecule has 4 rings (SSSR count). The lowest BCUT2D eigenvalue weighted by Gasteiger charge is -2.37. The van der Waals surface area contributed by atoms with Crippen LogP contribution in [-0.2, 0) is 18.8 Å². The Balaban J connectivity index is 1.71. The molecule has 1 aliphatic heterocycles. The van der Waals surface area contributed by atoms with Crippen LogP contribution in [0, 0.1) is 17.6 Å². The van der Waals surface area contributed by atoms with Crippen LogP contribution in [-0.4, -0.2) is 51.2 Å². The highest BCUT2D eigenvalue weighted by atomic mass is 32.2. The molecule has 2 aromatic rings. The molecule has 0 saturated heterocycles. The maximum absolute atomic E-state index is 14.7. The zero-order valence-electron chi connectivity index (χ0n) is 19.4. The van der Waals surface area contributed by atoms with Crippen LogP contribution in [0.2, 0.25) is 0 Å². The SMILES string of the molecule is CN(OCC1CC1)C(=O)N1N=C(c2cc(F)ccc2F)SC1(CCCOP(=O)(O)O)c1ccccc1. The van der Waals surface area contributed by atoms with Gasteiger partial charge >= 0.3 is 13.9 Å². The van der Waals surface area contributed by atoms with Crippen LogP contribution in [0.4, 0.5) is 13.6 Å². The number of carbonyl (C=O) groups excluding carboxylic acids is 1. The summed E-state index contributed by atoms with van der Waals surface area (Å²) in [6.07, 6.45) is 2.30. The first kappa shape index (κ1) is 26.7. The minimum atomic E-state index is -4.69. The highest BCUT2D eigenvalue weighted by molar-refractivity contribution is 8.15. The van der Waals surface area contributed by atoms with Gasteiger partial charge < -0.3 is 9.79 Å². The van der Waals surface area contributed by atoms with Gasteiger partial charge in [0.1, 0.15) is 21.5 Å². The summed E-state index contributed by atoms with van der Waals surface area (Å²) in [4.78, 5) is 36.1. The number of carbonyl (C=O) groups is 1. The second kappa shape index (κ2) is 11.0. The molecule has 1 heterocycles. The van der Waals surface area contributed by atoms with Gasteiger partial charge in [0.25, 0.3) is 0 Å². The molecule has 0 aromatic heterocycles. The number of halogens is 2. The number of hydrazone groups is 1. The van der Waals surface area contributed by atoms with E-state index in [1.807, 2.05) is 0 Å². The van der Waals surface area contributed by atoms with E-state index in [4.69, 9.17) is 14.6 Å². The quantitative estimate of drug-likeness (QED) is 0.252. The van der Waals surface area contributed by atoms with E-state index in [1.165, 1.54) is 7.05 Å². The van der Waals surface area contributed by atoms with Crippen LogP contribution in [0.1, 0.15) is 36.8 Å². The Morgan fingerprint density at radius 3 is 2.64 bits per heavy atom. The maximum atomic E-state index is 14.7. The van der Waals surface area contributed by atoms with Crippen molar-refractivity contribution in [2.45, 2.75) is 30.6 Å². The average Bonchev–Trinajstić information content (AvgIpc) is 3.60. The van der Waals surface area contributed by atoms with Crippen molar-refractivity contribution in [3.63, 3.8) is 0 Å². The first-order valence-electron chi connectivity index (χ1n) is 11.3. The molecular weight excluding hydrogens is 515 g/mol. The highest BCUT2D eigenvalue weighted by Crippen LogP contribution is 2.51. The van der Waals surface area contributed by atoms with E-state index in [-0.39, 0.29) is 30.1 Å². The van der Waals surface area contributed by atoms with Crippen molar-refractivity contribution in [2.24, 2.45) is 11.0 Å². The van der Waals surface area contributed by atoms with Crippen LogP contribution in [0.25, 0.3) is 0 Å². The lowest BCUT2D eigenvalue weighted by molar-refractivity contribution is -0.115. The second-order valence-corrected chi connectivity index (χ2v) is 11.0. The lowest BCUT2D eigenvalue weighted by atomic mass is 10.0. The van der Waals surface area contributed by atoms with E-state index in [0.29, 0.717) is 18.1 Å². The number of nitrogens with zero attached hydrogens (tertiary/aromatic N) is 3. The minimum Gasteiger partial charge on any atom is -0.303 e. The number of hydroxylamine groups is 2. The summed E-state index contributed by atoms with van der Waals surface area (Å²) in [6.45, 7) is 0.0753. The van der Waals surface area contributed by atoms with Gasteiger partial charge in [-0.2, -0.15) is 10.1 Å². The predicted molar refractivity (Wildman–Crippen MR) is 130 cm³/mol. The van der Waals surface area contributed by atoms with Crippen molar-refractivity contribution in [3.05, 3.63) is 71.3 Å². The third-order valence-corrected chi connectivity index (χ3v) is 7.72. The molecule has 0 radical (unpaired) electrons. The monoisotopic (exact) mass is 541 g/mol. The molecule has 1 aliphatic carbocycles. The van der Waals surface area contributed by atoms with Crippen molar-refractivity contribution >= 4 is 30.7 Å². The largest absolute Gasteiger partial charge is 0.469 e. The molecule has 2 N–H and O–H groups in total. The number of amides is 2. The molecule has 36 heavy (non-hydrogen) atoms. The van der Waals surface area contributed by atoms with Crippen molar-refractivity contribution in [2.75, 3.05) is 20.3 Å². The number of phosphoric acid groups is 1. The van der Waals surface area contributed by atoms with E-state index < -0.39 is 30.4 Å². The third-order valence-electron chi connectivity index (χ3n) is 5.75. The van der Waals surface area contributed by atoms with Gasteiger partial charge in [-0.05, 0) is 55.4 Å². The molecule has 9 nitrogen and oxygen atoms in total. The van der Waals surface area contributed by atoms with Gasteiger partial charge in [0, 0.05) is 12.6 Å². The van der Waals surface area contributed by atoms with Gasteiger partial charge in [0.2, 0.25) is 0 Å². The molecule has 2 aromatic carbocycles. The Hall–Kier alpha value is -2.34. The number of phosphoric ester groups is 1. The highest BCUT2D eigenvalue weighted by Gasteiger charge is 2.50. The van der Waals surface area contributed by atoms with E-state index >= 15 is 0 Å². The second-order valence-electron chi connectivity index (χ2n) is 8.54. The Morgan fingerprint density at radius 1 is 1.25 bits per heavy atom. The van der Waals surface area contributed by atoms with Gasteiger partial charge in [0.15, 0.2) is 0 Å². The topological polar surface area (TPSA) is 112 Å². The zero-order chi connectivity index (χ0) is 25.9. The molecule has 2 aliphatic rings. The summed E-state index contributed by atoms with van der Waals surface area (Å²) >= 11 is 1.05. The zero-order valence-corrected chi connectivity index (χ0v) is 21.1. The first-order chi connectivity index (χ1) is 17.1. The van der Waals surface area contributed by atoms with Crippen LogP contribution >= 0.6 is 19.6 Å². The van der Waals surface area contributed by atoms with E-state index in [9.17, 15) is 18.1 Å². The Labute approximate surface area is 211 Å². The van der Waals surface area contributed by atoms with Crippen LogP contribution in [0.15, 0.2) is 53.6 Å². The Bertz CT molecular complexity index is 1180. The van der Waals surface area contributed by atoms with Gasteiger partial charge in [-0.15, -0.1) is 0 Å². The van der Waals surface area contributed by atoms with Crippen molar-refractivity contribution in [3.8, 4) is 0 Å². The number of thioether (sulfide) groups is 1. The molecule has 1 fully saturated rings. The molecule has 13 heteroatoms. The summed E-state index contributed by atoms with van der Waals surface area (Å²) in [5, 5.41) is 6.73. The first-order valence-corrected chi connectivity index (χ1v) is 13.6. The molecular formula is C23H26F2N3O6PS. The van der Waals surface area contributed by atoms with Crippen LogP contribution in [0.3, 0.4) is 0 Å². The normalized spacial score (nSPS) is 19.9. The standard InChI is InChI=1S/C23H26F2N3O6PS/c1-27(33-15-16-8-9-16)22(29)28-23(17-6-3-2-4-7-17,12-5-13-34-35(30,31)32)36-21(26-28)19-14-18(24)10-11-20(19)25/h2-4,6-7,10-11,14,16H,5,8-9,12-13,15H2,1H3,(H2,30,31,32). The predicted octanol–water partition coefficient (Wildman–Crippen LogP) is 4.81. The number of hydrogen-bond donors (Lipinski definition) is 2. The van der Waals surface area contributed by atoms with Gasteiger partial charge in [-0.3, -0.25) is 9.36 Å². The molecule has 1 atom stereocenters. The van der Waals surface area contributed by atoms with E-state index in [1.54, 1.807) is 30.3 Å². The van der Waals surface area contributed by atoms with Crippen molar-refractivity contribution in [1.29, 1.82) is 0 Å². The Morgan fingerprint density at radius 2 is 1.97 bits per heavy atom. The fraction of sp³-hybridized carbons (Fsp3) is 0.391. The third kappa shape index (κ3) is 6.31. The van der Waals surface area contributed by atoms with E-state index in [2.05, 4.69) is 9.63 Å². The molecule has 194 valence electrons. The average molecular weight is 542 g/mol. The maximum Gasteiger partial charge on any atom is 0.469 e. The molecule has 2 amide bonds. The summed E-state index contributed by atoms with van der Waals surface area (Å²) < 4.78 is 44.5. The van der Waals surface area contributed by atoms with Crippen molar-refractivity contribution < 1.29 is 37.3 Å². The van der Waals surface area contributed by atoms with Crippen LogP contribution < -0.4 is 0 Å². The minimum absolute atomic E-state index is 0.0794. The van der Waals surface area contributed by atoms with Gasteiger partial charge in [0.05, 0.1) is 13.2 Å². The molecule has 1 unspecified atom stereocenters. The lowest BCUT2D eigenvalue weighted by Crippen LogP contribution is -2.47. The molecule has 0 bridgehead atoms. The van der Waals surface area contributed by atoms with Crippen molar-refractivity contribution in [1.82, 2.24) is 10.1 Å². The number of hydrogen-bond acceptors (Lipinski definition) is 6. The van der Waals surface area contributed by atoms with E-state index in [0.717, 1.165) is 52.9 Å². The number of rotatable bonds is 10. The smallest absolute Gasteiger partial charge is 0.303 e. The molecule has 0 spiro atoms. The molecule has 1 saturated carbocycles. The summed E-state index contributed by atoms with van der Waals surface area (Å²) in [6, 6.07) is 11.2. The fourth-order valence-corrected chi connectivity index (χ4v) is 5.51. The van der Waals surface area contributed by atoms with Gasteiger partial charge in [-0.1, -0.05) is 42.1 Å². The Kier molecular flexibility index (Phi) is 8.13. The summed E-state index contributed by atoms with van der Waals surface area (Å²) in [7, 11) is -3.23. The van der Waals surface area contributed by atoms with Crippen LogP contribution in [0.5, 0.6) is 0 Å². The number of benzene rings is 2. The van der Waals surface area contributed by atoms with Gasteiger partial charge in [-0.25, -0.2) is 23.2 Å².